The van der Waals surface area contributed by atoms with Crippen molar-refractivity contribution in [2.75, 3.05) is 29.7 Å². The maximum absolute atomic E-state index is 11.0. The van der Waals surface area contributed by atoms with E-state index in [-0.39, 0.29) is 11.3 Å². The molecule has 5 nitrogen and oxygen atoms in total. The summed E-state index contributed by atoms with van der Waals surface area (Å²) in [5, 5.41) is 11.0. The Bertz CT molecular complexity index is 434. The smallest absolute Gasteiger partial charge is 0.293 e. The molecule has 0 saturated heterocycles. The van der Waals surface area contributed by atoms with Crippen LogP contribution in [0.4, 0.5) is 11.4 Å². The molecule has 18 heavy (non-hydrogen) atoms. The first-order valence-electron chi connectivity index (χ1n) is 5.24. The fourth-order valence-electron chi connectivity index (χ4n) is 1.58. The van der Waals surface area contributed by atoms with Crippen LogP contribution >= 0.6 is 23.2 Å². The first kappa shape index (κ1) is 14.7. The van der Waals surface area contributed by atoms with Crippen LogP contribution in [0.2, 0.25) is 0 Å². The van der Waals surface area contributed by atoms with Crippen LogP contribution in [0.15, 0.2) is 18.2 Å². The zero-order valence-corrected chi connectivity index (χ0v) is 11.0. The van der Waals surface area contributed by atoms with Gasteiger partial charge in [0, 0.05) is 36.5 Å². The Balaban J connectivity index is 3.18. The Kier molecular flexibility index (Phi) is 5.88. The van der Waals surface area contributed by atoms with Crippen molar-refractivity contribution in [3.63, 3.8) is 0 Å². The third-order valence-corrected chi connectivity index (χ3v) is 2.72. The lowest BCUT2D eigenvalue weighted by atomic mass is 10.1. The number of hydrogen-bond acceptors (Lipinski definition) is 4. The molecule has 1 aromatic carbocycles. The van der Waals surface area contributed by atoms with Gasteiger partial charge in [-0.3, -0.25) is 14.9 Å². The summed E-state index contributed by atoms with van der Waals surface area (Å²) in [6, 6.07) is 4.32. The van der Waals surface area contributed by atoms with Crippen LogP contribution in [0.1, 0.15) is 10.4 Å². The molecule has 0 unspecified atom stereocenters. The molecule has 7 heteroatoms. The number of halogens is 2. The van der Waals surface area contributed by atoms with Gasteiger partial charge >= 0.3 is 0 Å². The Morgan fingerprint density at radius 2 is 1.89 bits per heavy atom. The Morgan fingerprint density at radius 3 is 2.33 bits per heavy atom. The molecule has 0 amide bonds. The van der Waals surface area contributed by atoms with E-state index in [9.17, 15) is 14.9 Å². The minimum atomic E-state index is -0.516. The van der Waals surface area contributed by atoms with Crippen LogP contribution in [-0.4, -0.2) is 36.1 Å². The van der Waals surface area contributed by atoms with Crippen molar-refractivity contribution in [1.29, 1.82) is 0 Å². The largest absolute Gasteiger partial charge is 0.364 e. The molecule has 98 valence electrons. The summed E-state index contributed by atoms with van der Waals surface area (Å²) in [4.78, 5) is 22.8. The number of rotatable bonds is 7. The normalized spacial score (nSPS) is 10.1. The molecule has 1 aromatic rings. The minimum Gasteiger partial charge on any atom is -0.364 e. The summed E-state index contributed by atoms with van der Waals surface area (Å²) in [5.74, 6) is 0.674. The van der Waals surface area contributed by atoms with Crippen LogP contribution < -0.4 is 4.90 Å². The van der Waals surface area contributed by atoms with Crippen molar-refractivity contribution < 1.29 is 9.72 Å². The molecule has 0 aromatic heterocycles. The molecule has 0 spiro atoms. The lowest BCUT2D eigenvalue weighted by Gasteiger charge is -2.22. The maximum atomic E-state index is 11.0. The van der Waals surface area contributed by atoms with Crippen LogP contribution in [0.5, 0.6) is 0 Å². The number of nitro groups is 1. The number of carbonyl (C=O) groups is 1. The lowest BCUT2D eigenvalue weighted by molar-refractivity contribution is -0.384. The molecule has 0 saturated carbocycles. The van der Waals surface area contributed by atoms with Gasteiger partial charge in [-0.25, -0.2) is 0 Å². The fourth-order valence-corrected chi connectivity index (χ4v) is 1.99. The molecule has 0 N–H and O–H groups in total. The lowest BCUT2D eigenvalue weighted by Crippen LogP contribution is -2.28. The van der Waals surface area contributed by atoms with Gasteiger partial charge < -0.3 is 4.90 Å². The fraction of sp³-hybridized carbons (Fsp3) is 0.364. The van der Waals surface area contributed by atoms with Gasteiger partial charge in [0.2, 0.25) is 0 Å². The predicted octanol–water partition coefficient (Wildman–Crippen LogP) is 2.69. The number of anilines is 1. The molecule has 0 radical (unpaired) electrons. The summed E-state index contributed by atoms with van der Waals surface area (Å²) in [6.07, 6.45) is 0.574. The monoisotopic (exact) mass is 290 g/mol. The Morgan fingerprint density at radius 1 is 1.28 bits per heavy atom. The molecule has 0 heterocycles. The second kappa shape index (κ2) is 7.18. The zero-order chi connectivity index (χ0) is 13.5. The van der Waals surface area contributed by atoms with Crippen molar-refractivity contribution in [2.45, 2.75) is 0 Å². The minimum absolute atomic E-state index is 0.116. The molecule has 0 atom stereocenters. The molecule has 0 aliphatic carbocycles. The first-order valence-corrected chi connectivity index (χ1v) is 6.31. The Hall–Kier alpha value is -1.33. The van der Waals surface area contributed by atoms with Crippen LogP contribution in [0.25, 0.3) is 0 Å². The molecule has 0 aliphatic heterocycles. The predicted molar refractivity (Wildman–Crippen MR) is 72.1 cm³/mol. The highest BCUT2D eigenvalue weighted by Gasteiger charge is 2.19. The van der Waals surface area contributed by atoms with Crippen LogP contribution in [0.3, 0.4) is 0 Å². The van der Waals surface area contributed by atoms with Crippen molar-refractivity contribution in [3.8, 4) is 0 Å². The van der Waals surface area contributed by atoms with Crippen molar-refractivity contribution >= 4 is 40.9 Å². The van der Waals surface area contributed by atoms with E-state index in [1.54, 1.807) is 11.0 Å². The third kappa shape index (κ3) is 3.58. The number of hydrogen-bond donors (Lipinski definition) is 0. The van der Waals surface area contributed by atoms with E-state index in [0.29, 0.717) is 36.8 Å². The molecular weight excluding hydrogens is 279 g/mol. The van der Waals surface area contributed by atoms with E-state index in [1.807, 2.05) is 0 Å². The molecule has 0 fully saturated rings. The van der Waals surface area contributed by atoms with Crippen molar-refractivity contribution in [2.24, 2.45) is 0 Å². The maximum Gasteiger partial charge on any atom is 0.293 e. The van der Waals surface area contributed by atoms with Gasteiger partial charge in [-0.15, -0.1) is 23.2 Å². The quantitative estimate of drug-likeness (QED) is 0.335. The van der Waals surface area contributed by atoms with E-state index in [2.05, 4.69) is 0 Å². The van der Waals surface area contributed by atoms with E-state index in [1.165, 1.54) is 12.1 Å². The van der Waals surface area contributed by atoms with Crippen molar-refractivity contribution in [1.82, 2.24) is 0 Å². The summed E-state index contributed by atoms with van der Waals surface area (Å²) in [6.45, 7) is 0.908. The number of aldehydes is 1. The highest BCUT2D eigenvalue weighted by Crippen LogP contribution is 2.28. The summed E-state index contributed by atoms with van der Waals surface area (Å²) < 4.78 is 0. The van der Waals surface area contributed by atoms with E-state index in [4.69, 9.17) is 23.2 Å². The molecule has 0 aliphatic rings. The van der Waals surface area contributed by atoms with Gasteiger partial charge in [0.1, 0.15) is 12.0 Å². The van der Waals surface area contributed by atoms with E-state index < -0.39 is 4.92 Å². The van der Waals surface area contributed by atoms with Gasteiger partial charge in [0.15, 0.2) is 0 Å². The van der Waals surface area contributed by atoms with Gasteiger partial charge in [0.05, 0.1) is 4.92 Å². The van der Waals surface area contributed by atoms with E-state index >= 15 is 0 Å². The van der Waals surface area contributed by atoms with Crippen molar-refractivity contribution in [3.05, 3.63) is 33.9 Å². The number of benzene rings is 1. The summed E-state index contributed by atoms with van der Waals surface area (Å²) in [7, 11) is 0. The molecule has 1 rings (SSSR count). The Labute approximate surface area is 114 Å². The molecular formula is C11H12Cl2N2O3. The van der Waals surface area contributed by atoms with Crippen LogP contribution in [-0.2, 0) is 0 Å². The average Bonchev–Trinajstić information content (AvgIpc) is 2.37. The van der Waals surface area contributed by atoms with Gasteiger partial charge in [-0.05, 0) is 12.1 Å². The van der Waals surface area contributed by atoms with Gasteiger partial charge in [-0.1, -0.05) is 0 Å². The second-order valence-corrected chi connectivity index (χ2v) is 4.24. The van der Waals surface area contributed by atoms with Gasteiger partial charge in [-0.2, -0.15) is 0 Å². The second-order valence-electron chi connectivity index (χ2n) is 3.49. The standard InChI is InChI=1S/C11H12Cl2N2O3/c12-3-5-14(6-4-13)10-2-1-9(8-16)7-11(10)15(17)18/h1-2,7-8H,3-6H2. The highest BCUT2D eigenvalue weighted by atomic mass is 35.5. The van der Waals surface area contributed by atoms with Gasteiger partial charge in [0.25, 0.3) is 5.69 Å². The number of carbonyl (C=O) groups excluding carboxylic acids is 1. The average molecular weight is 291 g/mol. The highest BCUT2D eigenvalue weighted by molar-refractivity contribution is 6.18. The first-order chi connectivity index (χ1) is 8.63. The summed E-state index contributed by atoms with van der Waals surface area (Å²) >= 11 is 11.3. The number of alkyl halides is 2. The number of nitrogens with zero attached hydrogens (tertiary/aromatic N) is 2. The number of nitro benzene ring substituents is 1. The third-order valence-electron chi connectivity index (χ3n) is 2.38. The molecule has 0 bridgehead atoms. The van der Waals surface area contributed by atoms with Crippen LogP contribution in [0, 0.1) is 10.1 Å². The topological polar surface area (TPSA) is 63.5 Å². The SMILES string of the molecule is O=Cc1ccc(N(CCCl)CCCl)c([N+](=O)[O-])c1. The van der Waals surface area contributed by atoms with E-state index in [0.717, 1.165) is 0 Å². The summed E-state index contributed by atoms with van der Waals surface area (Å²) in [5.41, 5.74) is 0.573. The zero-order valence-electron chi connectivity index (χ0n) is 9.51.